The number of hydrogen-bond acceptors (Lipinski definition) is 4. The van der Waals surface area contributed by atoms with Crippen molar-refractivity contribution in [3.63, 3.8) is 0 Å². The monoisotopic (exact) mass is 514 g/mol. The van der Waals surface area contributed by atoms with Crippen LogP contribution in [0.15, 0.2) is 103 Å². The summed E-state index contributed by atoms with van der Waals surface area (Å²) >= 11 is 6.04. The molecule has 0 saturated heterocycles. The fraction of sp³-hybridized carbons (Fsp3) is 0.0690. The molecule has 3 N–H and O–H groups in total. The molecule has 0 unspecified atom stereocenters. The van der Waals surface area contributed by atoms with E-state index in [2.05, 4.69) is 10.6 Å². The number of ether oxygens (including phenoxy) is 1. The summed E-state index contributed by atoms with van der Waals surface area (Å²) in [7, 11) is 0. The maximum Gasteiger partial charge on any atom is 0.417 e. The lowest BCUT2D eigenvalue weighted by Crippen LogP contribution is -2.42. The molecule has 0 spiro atoms. The Morgan fingerprint density at radius 3 is 2.16 bits per heavy atom. The van der Waals surface area contributed by atoms with Gasteiger partial charge >= 0.3 is 12.1 Å². The van der Waals surface area contributed by atoms with E-state index in [0.717, 1.165) is 11.1 Å². The molecular weight excluding hydrogens is 492 g/mol. The average Bonchev–Trinajstić information content (AvgIpc) is 2.90. The van der Waals surface area contributed by atoms with Crippen LogP contribution in [0, 0.1) is 0 Å². The number of anilines is 1. The van der Waals surface area contributed by atoms with E-state index in [9.17, 15) is 19.5 Å². The van der Waals surface area contributed by atoms with Gasteiger partial charge in [-0.1, -0.05) is 84.4 Å². The highest BCUT2D eigenvalue weighted by Crippen LogP contribution is 2.28. The van der Waals surface area contributed by atoms with E-state index in [-0.39, 0.29) is 22.8 Å². The van der Waals surface area contributed by atoms with Gasteiger partial charge in [0.15, 0.2) is 0 Å². The maximum absolute atomic E-state index is 12.5. The first-order valence-electron chi connectivity index (χ1n) is 11.4. The standard InChI is InChI=1S/C29H23ClN2O5/c30-24-12-6-4-11-23(24)27(33)31-26(28(34)35)18-19-14-16-21(17-15-19)37-29(36)32-25-13-7-5-10-22(25)20-8-2-1-3-9-20/h1-17,26H,18H2,(H,31,33)(H,32,36)(H,34,35)/t26-/m0/s1. The number of carboxylic acid groups (broad SMARTS) is 1. The predicted octanol–water partition coefficient (Wildman–Crippen LogP) is 6.04. The van der Waals surface area contributed by atoms with Gasteiger partial charge in [0.25, 0.3) is 5.91 Å². The number of amides is 2. The van der Waals surface area contributed by atoms with Crippen molar-refractivity contribution < 1.29 is 24.2 Å². The predicted molar refractivity (Wildman–Crippen MR) is 142 cm³/mol. The zero-order valence-electron chi connectivity index (χ0n) is 19.6. The molecule has 2 amide bonds. The van der Waals surface area contributed by atoms with Crippen molar-refractivity contribution in [3.8, 4) is 16.9 Å². The number of benzene rings is 4. The molecule has 0 aromatic heterocycles. The van der Waals surface area contributed by atoms with Crippen LogP contribution in [0.5, 0.6) is 5.75 Å². The van der Waals surface area contributed by atoms with Crippen molar-refractivity contribution in [3.05, 3.63) is 119 Å². The Labute approximate surface area is 218 Å². The van der Waals surface area contributed by atoms with Gasteiger partial charge in [-0.15, -0.1) is 0 Å². The van der Waals surface area contributed by atoms with Crippen molar-refractivity contribution in [2.75, 3.05) is 5.32 Å². The molecule has 0 fully saturated rings. The Morgan fingerprint density at radius 2 is 1.46 bits per heavy atom. The average molecular weight is 515 g/mol. The molecule has 4 aromatic rings. The van der Waals surface area contributed by atoms with E-state index in [4.69, 9.17) is 16.3 Å². The van der Waals surface area contributed by atoms with Gasteiger partial charge in [0.2, 0.25) is 0 Å². The molecular formula is C29H23ClN2O5. The number of nitrogens with one attached hydrogen (secondary N) is 2. The molecule has 0 heterocycles. The van der Waals surface area contributed by atoms with Gasteiger partial charge in [0, 0.05) is 12.0 Å². The minimum absolute atomic E-state index is 0.0302. The van der Waals surface area contributed by atoms with Crippen LogP contribution >= 0.6 is 11.6 Å². The van der Waals surface area contributed by atoms with Gasteiger partial charge < -0.3 is 15.2 Å². The van der Waals surface area contributed by atoms with Crippen LogP contribution in [-0.4, -0.2) is 29.1 Å². The first kappa shape index (κ1) is 25.5. The number of hydrogen-bond donors (Lipinski definition) is 3. The largest absolute Gasteiger partial charge is 0.480 e. The fourth-order valence-corrected chi connectivity index (χ4v) is 3.94. The minimum Gasteiger partial charge on any atom is -0.480 e. The second-order valence-corrected chi connectivity index (χ2v) is 8.53. The number of rotatable bonds is 8. The second kappa shape index (κ2) is 11.9. The highest BCUT2D eigenvalue weighted by Gasteiger charge is 2.22. The number of carboxylic acids is 1. The Kier molecular flexibility index (Phi) is 8.18. The third-order valence-electron chi connectivity index (χ3n) is 5.54. The minimum atomic E-state index is -1.18. The topological polar surface area (TPSA) is 105 Å². The number of para-hydroxylation sites is 1. The quantitative estimate of drug-likeness (QED) is 0.266. The Hall–Kier alpha value is -4.62. The van der Waals surface area contributed by atoms with Gasteiger partial charge in [0.05, 0.1) is 16.3 Å². The lowest BCUT2D eigenvalue weighted by atomic mass is 10.0. The van der Waals surface area contributed by atoms with Crippen LogP contribution in [0.25, 0.3) is 11.1 Å². The zero-order valence-corrected chi connectivity index (χ0v) is 20.3. The van der Waals surface area contributed by atoms with Gasteiger partial charge in [-0.2, -0.15) is 0 Å². The third kappa shape index (κ3) is 6.74. The first-order valence-corrected chi connectivity index (χ1v) is 11.8. The molecule has 186 valence electrons. The third-order valence-corrected chi connectivity index (χ3v) is 5.87. The smallest absolute Gasteiger partial charge is 0.417 e. The molecule has 8 heteroatoms. The van der Waals surface area contributed by atoms with Crippen LogP contribution in [-0.2, 0) is 11.2 Å². The van der Waals surface area contributed by atoms with Crippen LogP contribution < -0.4 is 15.4 Å². The molecule has 7 nitrogen and oxygen atoms in total. The Balaban J connectivity index is 1.38. The second-order valence-electron chi connectivity index (χ2n) is 8.12. The molecule has 0 bridgehead atoms. The first-order chi connectivity index (χ1) is 17.9. The fourth-order valence-electron chi connectivity index (χ4n) is 3.71. The Bertz CT molecular complexity index is 1410. The molecule has 1 atom stereocenters. The summed E-state index contributed by atoms with van der Waals surface area (Å²) in [6.07, 6.45) is -0.630. The number of aliphatic carboxylic acids is 1. The summed E-state index contributed by atoms with van der Waals surface area (Å²) < 4.78 is 5.40. The molecule has 4 rings (SSSR count). The van der Waals surface area contributed by atoms with Gasteiger partial charge in [-0.25, -0.2) is 9.59 Å². The summed E-state index contributed by atoms with van der Waals surface area (Å²) in [5, 5.41) is 15.1. The van der Waals surface area contributed by atoms with Crippen molar-refractivity contribution in [1.29, 1.82) is 0 Å². The van der Waals surface area contributed by atoms with Crippen molar-refractivity contribution in [2.45, 2.75) is 12.5 Å². The van der Waals surface area contributed by atoms with Crippen molar-refractivity contribution >= 4 is 35.3 Å². The molecule has 0 radical (unpaired) electrons. The molecule has 0 aliphatic rings. The highest BCUT2D eigenvalue weighted by molar-refractivity contribution is 6.33. The van der Waals surface area contributed by atoms with Crippen LogP contribution in [0.4, 0.5) is 10.5 Å². The normalized spacial score (nSPS) is 11.3. The van der Waals surface area contributed by atoms with Gasteiger partial charge in [-0.05, 0) is 41.5 Å². The molecule has 0 saturated carbocycles. The van der Waals surface area contributed by atoms with E-state index in [1.54, 1.807) is 48.5 Å². The van der Waals surface area contributed by atoms with Gasteiger partial charge in [-0.3, -0.25) is 10.1 Å². The van der Waals surface area contributed by atoms with Crippen LogP contribution in [0.1, 0.15) is 15.9 Å². The summed E-state index contributed by atoms with van der Waals surface area (Å²) in [5.41, 5.74) is 3.24. The SMILES string of the molecule is O=C(Nc1ccccc1-c1ccccc1)Oc1ccc(C[C@H](NC(=O)c2ccccc2Cl)C(=O)O)cc1. The zero-order chi connectivity index (χ0) is 26.2. The number of carbonyl (C=O) groups is 3. The van der Waals surface area contributed by atoms with Gasteiger partial charge in [0.1, 0.15) is 11.8 Å². The van der Waals surface area contributed by atoms with E-state index >= 15 is 0 Å². The maximum atomic E-state index is 12.5. The molecule has 4 aromatic carbocycles. The van der Waals surface area contributed by atoms with E-state index in [0.29, 0.717) is 11.3 Å². The molecule has 0 aliphatic heterocycles. The lowest BCUT2D eigenvalue weighted by Gasteiger charge is -2.15. The van der Waals surface area contributed by atoms with Crippen LogP contribution in [0.2, 0.25) is 5.02 Å². The summed E-state index contributed by atoms with van der Waals surface area (Å²) in [5.74, 6) is -1.48. The van der Waals surface area contributed by atoms with E-state index < -0.39 is 24.0 Å². The highest BCUT2D eigenvalue weighted by atomic mass is 35.5. The lowest BCUT2D eigenvalue weighted by molar-refractivity contribution is -0.139. The van der Waals surface area contributed by atoms with Crippen molar-refractivity contribution in [1.82, 2.24) is 5.32 Å². The van der Waals surface area contributed by atoms with Crippen molar-refractivity contribution in [2.24, 2.45) is 0 Å². The molecule has 0 aliphatic carbocycles. The van der Waals surface area contributed by atoms with Crippen LogP contribution in [0.3, 0.4) is 0 Å². The summed E-state index contributed by atoms with van der Waals surface area (Å²) in [6, 6.07) is 28.7. The summed E-state index contributed by atoms with van der Waals surface area (Å²) in [4.78, 5) is 36.8. The molecule has 37 heavy (non-hydrogen) atoms. The number of carbonyl (C=O) groups excluding carboxylic acids is 2. The van der Waals surface area contributed by atoms with E-state index in [1.807, 2.05) is 48.5 Å². The number of halogens is 1. The van der Waals surface area contributed by atoms with E-state index in [1.165, 1.54) is 6.07 Å². The summed E-state index contributed by atoms with van der Waals surface area (Å²) in [6.45, 7) is 0. The Morgan fingerprint density at radius 1 is 0.811 bits per heavy atom.